The first kappa shape index (κ1) is 14.2. The Morgan fingerprint density at radius 1 is 1.07 bits per heavy atom. The highest BCUT2D eigenvalue weighted by Gasteiger charge is 2.14. The van der Waals surface area contributed by atoms with E-state index in [1.807, 2.05) is 13.8 Å². The van der Waals surface area contributed by atoms with Crippen LogP contribution in [0.1, 0.15) is 39.5 Å². The second-order valence-corrected chi connectivity index (χ2v) is 4.93. The SMILES string of the molecule is CCCC(Br)OC(=O)OC(Br)CCC. The Morgan fingerprint density at radius 3 is 1.71 bits per heavy atom. The van der Waals surface area contributed by atoms with Crippen LogP contribution in [-0.2, 0) is 9.47 Å². The van der Waals surface area contributed by atoms with E-state index in [4.69, 9.17) is 9.47 Å². The molecule has 0 bridgehead atoms. The predicted molar refractivity (Wildman–Crippen MR) is 62.8 cm³/mol. The van der Waals surface area contributed by atoms with Crippen LogP contribution in [0.15, 0.2) is 0 Å². The molecule has 3 nitrogen and oxygen atoms in total. The average molecular weight is 332 g/mol. The summed E-state index contributed by atoms with van der Waals surface area (Å²) >= 11 is 6.46. The quantitative estimate of drug-likeness (QED) is 0.541. The van der Waals surface area contributed by atoms with E-state index >= 15 is 0 Å². The summed E-state index contributed by atoms with van der Waals surface area (Å²) in [5.74, 6) is 0. The zero-order valence-corrected chi connectivity index (χ0v) is 11.6. The van der Waals surface area contributed by atoms with Crippen molar-refractivity contribution >= 4 is 38.0 Å². The Kier molecular flexibility index (Phi) is 8.67. The van der Waals surface area contributed by atoms with Crippen molar-refractivity contribution in [1.29, 1.82) is 0 Å². The Bertz CT molecular complexity index is 148. The van der Waals surface area contributed by atoms with Crippen LogP contribution < -0.4 is 0 Å². The van der Waals surface area contributed by atoms with E-state index in [0.717, 1.165) is 25.7 Å². The molecule has 84 valence electrons. The molecule has 0 aliphatic carbocycles. The maximum absolute atomic E-state index is 11.1. The van der Waals surface area contributed by atoms with Gasteiger partial charge in [-0.1, -0.05) is 26.7 Å². The van der Waals surface area contributed by atoms with E-state index < -0.39 is 6.16 Å². The van der Waals surface area contributed by atoms with E-state index in [2.05, 4.69) is 31.9 Å². The maximum Gasteiger partial charge on any atom is 0.510 e. The van der Waals surface area contributed by atoms with Gasteiger partial charge < -0.3 is 9.47 Å². The van der Waals surface area contributed by atoms with Crippen molar-refractivity contribution in [2.24, 2.45) is 0 Å². The van der Waals surface area contributed by atoms with Gasteiger partial charge >= 0.3 is 6.16 Å². The number of ether oxygens (including phenoxy) is 2. The zero-order valence-electron chi connectivity index (χ0n) is 8.46. The normalized spacial score (nSPS) is 14.6. The summed E-state index contributed by atoms with van der Waals surface area (Å²) < 4.78 is 9.87. The fourth-order valence-corrected chi connectivity index (χ4v) is 2.03. The lowest BCUT2D eigenvalue weighted by Crippen LogP contribution is -2.17. The monoisotopic (exact) mass is 330 g/mol. The van der Waals surface area contributed by atoms with Crippen LogP contribution in [-0.4, -0.2) is 16.2 Å². The lowest BCUT2D eigenvalue weighted by Gasteiger charge is -2.13. The summed E-state index contributed by atoms with van der Waals surface area (Å²) in [6.07, 6.45) is 2.85. The molecule has 0 aromatic heterocycles. The van der Waals surface area contributed by atoms with Crippen molar-refractivity contribution in [3.8, 4) is 0 Å². The lowest BCUT2D eigenvalue weighted by atomic mass is 10.4. The number of rotatable bonds is 6. The van der Waals surface area contributed by atoms with E-state index in [-0.39, 0.29) is 10.0 Å². The first-order valence-corrected chi connectivity index (χ1v) is 6.58. The molecule has 0 heterocycles. The summed E-state index contributed by atoms with van der Waals surface area (Å²) in [7, 11) is 0. The Balaban J connectivity index is 3.63. The Hall–Kier alpha value is 0.230. The molecule has 0 aliphatic rings. The minimum Gasteiger partial charge on any atom is -0.419 e. The van der Waals surface area contributed by atoms with Gasteiger partial charge in [0.1, 0.15) is 0 Å². The average Bonchev–Trinajstić information content (AvgIpc) is 2.03. The van der Waals surface area contributed by atoms with Gasteiger partial charge in [0.2, 0.25) is 0 Å². The van der Waals surface area contributed by atoms with Gasteiger partial charge in [0.05, 0.1) is 0 Å². The lowest BCUT2D eigenvalue weighted by molar-refractivity contribution is 0.0399. The summed E-state index contributed by atoms with van der Waals surface area (Å²) in [6.45, 7) is 4.04. The molecule has 2 atom stereocenters. The zero-order chi connectivity index (χ0) is 11.0. The molecule has 0 N–H and O–H groups in total. The summed E-state index contributed by atoms with van der Waals surface area (Å²) in [4.78, 5) is 11.1. The smallest absolute Gasteiger partial charge is 0.419 e. The fourth-order valence-electron chi connectivity index (χ4n) is 0.808. The molecule has 0 rings (SSSR count). The summed E-state index contributed by atoms with van der Waals surface area (Å²) in [5, 5.41) is -0.498. The molecule has 0 saturated carbocycles. The minimum absolute atomic E-state index is 0.249. The van der Waals surface area contributed by atoms with Gasteiger partial charge in [0, 0.05) is 0 Å². The molecule has 0 aromatic carbocycles. The molecular weight excluding hydrogens is 316 g/mol. The molecule has 0 aromatic rings. The van der Waals surface area contributed by atoms with Crippen LogP contribution in [0.2, 0.25) is 0 Å². The van der Waals surface area contributed by atoms with Gasteiger partial charge in [-0.3, -0.25) is 0 Å². The van der Waals surface area contributed by atoms with E-state index in [0.29, 0.717) is 0 Å². The number of hydrogen-bond donors (Lipinski definition) is 0. The number of alkyl halides is 2. The van der Waals surface area contributed by atoms with Crippen molar-refractivity contribution in [2.45, 2.75) is 49.6 Å². The standard InChI is InChI=1S/C9H16Br2O3/c1-3-5-7(10)13-9(12)14-8(11)6-4-2/h7-8H,3-6H2,1-2H3. The number of hydrogen-bond acceptors (Lipinski definition) is 3. The van der Waals surface area contributed by atoms with Gasteiger partial charge in [0.25, 0.3) is 0 Å². The molecular formula is C9H16Br2O3. The van der Waals surface area contributed by atoms with E-state index in [1.54, 1.807) is 0 Å². The van der Waals surface area contributed by atoms with Crippen molar-refractivity contribution in [3.63, 3.8) is 0 Å². The molecule has 0 spiro atoms. The van der Waals surface area contributed by atoms with Gasteiger partial charge in [-0.15, -0.1) is 0 Å². The van der Waals surface area contributed by atoms with Crippen LogP contribution in [0.25, 0.3) is 0 Å². The maximum atomic E-state index is 11.1. The fraction of sp³-hybridized carbons (Fsp3) is 0.889. The van der Waals surface area contributed by atoms with Gasteiger partial charge in [-0.25, -0.2) is 4.79 Å². The first-order valence-electron chi connectivity index (χ1n) is 4.75. The number of carbonyl (C=O) groups is 1. The highest BCUT2D eigenvalue weighted by Crippen LogP contribution is 2.14. The molecule has 0 amide bonds. The first-order chi connectivity index (χ1) is 6.60. The van der Waals surface area contributed by atoms with Crippen molar-refractivity contribution in [2.75, 3.05) is 0 Å². The third-order valence-corrected chi connectivity index (χ3v) is 2.77. The largest absolute Gasteiger partial charge is 0.510 e. The second-order valence-electron chi connectivity index (χ2n) is 2.88. The molecule has 14 heavy (non-hydrogen) atoms. The van der Waals surface area contributed by atoms with Crippen LogP contribution in [0, 0.1) is 0 Å². The van der Waals surface area contributed by atoms with Crippen molar-refractivity contribution < 1.29 is 14.3 Å². The number of halogens is 2. The van der Waals surface area contributed by atoms with Gasteiger partial charge in [0.15, 0.2) is 10.0 Å². The Labute approximate surface area is 102 Å². The topological polar surface area (TPSA) is 35.5 Å². The van der Waals surface area contributed by atoms with Crippen LogP contribution in [0.4, 0.5) is 4.79 Å². The highest BCUT2D eigenvalue weighted by atomic mass is 79.9. The predicted octanol–water partition coefficient (Wildman–Crippen LogP) is 4.18. The number of carbonyl (C=O) groups excluding carboxylic acids is 1. The molecule has 2 unspecified atom stereocenters. The molecule has 0 radical (unpaired) electrons. The highest BCUT2D eigenvalue weighted by molar-refractivity contribution is 9.09. The van der Waals surface area contributed by atoms with E-state index in [1.165, 1.54) is 0 Å². The van der Waals surface area contributed by atoms with Gasteiger partial charge in [-0.05, 0) is 44.7 Å². The van der Waals surface area contributed by atoms with E-state index in [9.17, 15) is 4.79 Å². The Morgan fingerprint density at radius 2 is 1.43 bits per heavy atom. The van der Waals surface area contributed by atoms with Crippen LogP contribution >= 0.6 is 31.9 Å². The minimum atomic E-state index is -0.629. The van der Waals surface area contributed by atoms with Crippen molar-refractivity contribution in [1.82, 2.24) is 0 Å². The summed E-state index contributed by atoms with van der Waals surface area (Å²) in [6, 6.07) is 0. The van der Waals surface area contributed by atoms with Crippen LogP contribution in [0.5, 0.6) is 0 Å². The molecule has 0 saturated heterocycles. The molecule has 0 aliphatic heterocycles. The second kappa shape index (κ2) is 8.53. The van der Waals surface area contributed by atoms with Crippen molar-refractivity contribution in [3.05, 3.63) is 0 Å². The van der Waals surface area contributed by atoms with Gasteiger partial charge in [-0.2, -0.15) is 0 Å². The third-order valence-electron chi connectivity index (χ3n) is 1.48. The molecule has 5 heteroatoms. The molecule has 0 fully saturated rings. The summed E-state index contributed by atoms with van der Waals surface area (Å²) in [5.41, 5.74) is 0. The third kappa shape index (κ3) is 7.62. The van der Waals surface area contributed by atoms with Crippen LogP contribution in [0.3, 0.4) is 0 Å².